The van der Waals surface area contributed by atoms with Crippen LogP contribution in [0.5, 0.6) is 0 Å². The maximum atomic E-state index is 11.9. The van der Waals surface area contributed by atoms with Crippen LogP contribution in [0.2, 0.25) is 0 Å². The van der Waals surface area contributed by atoms with Gasteiger partial charge in [0.05, 0.1) is 6.61 Å². The van der Waals surface area contributed by atoms with Crippen LogP contribution in [0.3, 0.4) is 0 Å². The molecule has 1 fully saturated rings. The van der Waals surface area contributed by atoms with Gasteiger partial charge < -0.3 is 20.1 Å². The Balaban J connectivity index is 2.40. The van der Waals surface area contributed by atoms with Crippen LogP contribution in [0.15, 0.2) is 0 Å². The van der Waals surface area contributed by atoms with Gasteiger partial charge in [-0.3, -0.25) is 0 Å². The summed E-state index contributed by atoms with van der Waals surface area (Å²) in [5, 5.41) is 12.0. The van der Waals surface area contributed by atoms with E-state index < -0.39 is 5.60 Å². The molecule has 0 aromatic heterocycles. The van der Waals surface area contributed by atoms with Crippen LogP contribution in [0, 0.1) is 0 Å². The first-order valence-electron chi connectivity index (χ1n) is 6.24. The first kappa shape index (κ1) is 14.3. The van der Waals surface area contributed by atoms with E-state index in [0.717, 1.165) is 19.4 Å². The molecule has 17 heavy (non-hydrogen) atoms. The minimum Gasteiger partial charge on any atom is -0.444 e. The number of piperidine rings is 1. The smallest absolute Gasteiger partial charge is 0.410 e. The second-order valence-electron chi connectivity index (χ2n) is 5.44. The van der Waals surface area contributed by atoms with Gasteiger partial charge in [-0.15, -0.1) is 0 Å². The fourth-order valence-corrected chi connectivity index (χ4v) is 1.90. The average molecular weight is 244 g/mol. The summed E-state index contributed by atoms with van der Waals surface area (Å²) < 4.78 is 5.34. The van der Waals surface area contributed by atoms with Crippen molar-refractivity contribution >= 4 is 6.09 Å². The molecular weight excluding hydrogens is 220 g/mol. The van der Waals surface area contributed by atoms with Crippen LogP contribution < -0.4 is 5.32 Å². The third kappa shape index (κ3) is 5.37. The first-order valence-corrected chi connectivity index (χ1v) is 6.24. The molecule has 1 aliphatic heterocycles. The quantitative estimate of drug-likeness (QED) is 0.776. The van der Waals surface area contributed by atoms with Crippen molar-refractivity contribution in [2.24, 2.45) is 0 Å². The number of aliphatic hydroxyl groups excluding tert-OH is 1. The number of nitrogens with one attached hydrogen (secondary N) is 1. The van der Waals surface area contributed by atoms with E-state index >= 15 is 0 Å². The summed E-state index contributed by atoms with van der Waals surface area (Å²) in [6.45, 7) is 7.74. The molecule has 100 valence electrons. The summed E-state index contributed by atoms with van der Waals surface area (Å²) in [7, 11) is 0. The fourth-order valence-electron chi connectivity index (χ4n) is 1.90. The number of hydrogen-bond donors (Lipinski definition) is 2. The standard InChI is InChI=1S/C12H24N2O3/c1-12(2,3)17-11(16)14-7-4-5-10(9-14)13-6-8-15/h10,13,15H,4-9H2,1-3H3. The van der Waals surface area contributed by atoms with E-state index in [1.807, 2.05) is 20.8 Å². The number of likely N-dealkylation sites (tertiary alicyclic amines) is 1. The monoisotopic (exact) mass is 244 g/mol. The van der Waals surface area contributed by atoms with Crippen LogP contribution in [0.25, 0.3) is 0 Å². The van der Waals surface area contributed by atoms with Gasteiger partial charge in [-0.25, -0.2) is 4.79 Å². The Hall–Kier alpha value is -0.810. The highest BCUT2D eigenvalue weighted by Gasteiger charge is 2.27. The molecule has 0 radical (unpaired) electrons. The third-order valence-corrected chi connectivity index (χ3v) is 2.62. The highest BCUT2D eigenvalue weighted by Crippen LogP contribution is 2.15. The van der Waals surface area contributed by atoms with E-state index in [1.54, 1.807) is 4.90 Å². The van der Waals surface area contributed by atoms with Gasteiger partial charge >= 0.3 is 6.09 Å². The van der Waals surface area contributed by atoms with Crippen LogP contribution in [0.1, 0.15) is 33.6 Å². The SMILES string of the molecule is CC(C)(C)OC(=O)N1CCCC(NCCO)C1. The van der Waals surface area contributed by atoms with Crippen molar-refractivity contribution in [3.05, 3.63) is 0 Å². The molecule has 1 atom stereocenters. The number of ether oxygens (including phenoxy) is 1. The molecule has 1 aliphatic rings. The van der Waals surface area contributed by atoms with E-state index in [2.05, 4.69) is 5.32 Å². The van der Waals surface area contributed by atoms with Gasteiger partial charge in [0.15, 0.2) is 0 Å². The van der Waals surface area contributed by atoms with E-state index in [9.17, 15) is 4.79 Å². The van der Waals surface area contributed by atoms with E-state index in [0.29, 0.717) is 13.1 Å². The predicted molar refractivity (Wildman–Crippen MR) is 65.9 cm³/mol. The highest BCUT2D eigenvalue weighted by molar-refractivity contribution is 5.68. The maximum absolute atomic E-state index is 11.9. The fraction of sp³-hybridized carbons (Fsp3) is 0.917. The van der Waals surface area contributed by atoms with Crippen molar-refractivity contribution in [3.8, 4) is 0 Å². The van der Waals surface area contributed by atoms with Crippen molar-refractivity contribution in [2.45, 2.75) is 45.3 Å². The van der Waals surface area contributed by atoms with Crippen molar-refractivity contribution in [3.63, 3.8) is 0 Å². The van der Waals surface area contributed by atoms with Crippen LogP contribution >= 0.6 is 0 Å². The summed E-state index contributed by atoms with van der Waals surface area (Å²) in [6, 6.07) is 0.267. The largest absolute Gasteiger partial charge is 0.444 e. The second kappa shape index (κ2) is 6.21. The Morgan fingerprint density at radius 2 is 2.24 bits per heavy atom. The third-order valence-electron chi connectivity index (χ3n) is 2.62. The first-order chi connectivity index (χ1) is 7.92. The number of nitrogens with zero attached hydrogens (tertiary/aromatic N) is 1. The summed E-state index contributed by atoms with van der Waals surface area (Å²) in [6.07, 6.45) is 1.77. The van der Waals surface area contributed by atoms with E-state index in [-0.39, 0.29) is 18.7 Å². The number of rotatable bonds is 3. The topological polar surface area (TPSA) is 61.8 Å². The van der Waals surface area contributed by atoms with Gasteiger partial charge in [-0.2, -0.15) is 0 Å². The van der Waals surface area contributed by atoms with Crippen molar-refractivity contribution in [1.29, 1.82) is 0 Å². The molecule has 0 aliphatic carbocycles. The Kier molecular flexibility index (Phi) is 5.21. The van der Waals surface area contributed by atoms with Crippen molar-refractivity contribution in [2.75, 3.05) is 26.2 Å². The lowest BCUT2D eigenvalue weighted by Crippen LogP contribution is -2.49. The number of hydrogen-bond acceptors (Lipinski definition) is 4. The molecule has 5 heteroatoms. The molecule has 1 heterocycles. The lowest BCUT2D eigenvalue weighted by molar-refractivity contribution is 0.0186. The van der Waals surface area contributed by atoms with Crippen molar-refractivity contribution in [1.82, 2.24) is 10.2 Å². The highest BCUT2D eigenvalue weighted by atomic mass is 16.6. The minimum absolute atomic E-state index is 0.128. The number of amides is 1. The summed E-state index contributed by atoms with van der Waals surface area (Å²) in [5.74, 6) is 0. The van der Waals surface area contributed by atoms with Crippen LogP contribution in [0.4, 0.5) is 4.79 Å². The number of aliphatic hydroxyl groups is 1. The zero-order valence-electron chi connectivity index (χ0n) is 11.0. The molecular formula is C12H24N2O3. The van der Waals surface area contributed by atoms with Gasteiger partial charge in [-0.05, 0) is 33.6 Å². The molecule has 1 amide bonds. The molecule has 1 rings (SSSR count). The van der Waals surface area contributed by atoms with Crippen LogP contribution in [-0.2, 0) is 4.74 Å². The molecule has 0 aromatic rings. The molecule has 2 N–H and O–H groups in total. The molecule has 1 unspecified atom stereocenters. The number of carbonyl (C=O) groups is 1. The average Bonchev–Trinajstić information content (AvgIpc) is 2.24. The lowest BCUT2D eigenvalue weighted by atomic mass is 10.1. The van der Waals surface area contributed by atoms with Gasteiger partial charge in [0, 0.05) is 25.7 Å². The molecule has 1 saturated heterocycles. The second-order valence-corrected chi connectivity index (χ2v) is 5.44. The van der Waals surface area contributed by atoms with Gasteiger partial charge in [0.2, 0.25) is 0 Å². The van der Waals surface area contributed by atoms with E-state index in [4.69, 9.17) is 9.84 Å². The predicted octanol–water partition coefficient (Wildman–Crippen LogP) is 0.968. The Morgan fingerprint density at radius 1 is 1.53 bits per heavy atom. The van der Waals surface area contributed by atoms with Gasteiger partial charge in [0.1, 0.15) is 5.60 Å². The maximum Gasteiger partial charge on any atom is 0.410 e. The normalized spacial score (nSPS) is 21.4. The molecule has 0 spiro atoms. The Labute approximate surface area is 103 Å². The summed E-state index contributed by atoms with van der Waals surface area (Å²) >= 11 is 0. The lowest BCUT2D eigenvalue weighted by Gasteiger charge is -2.34. The summed E-state index contributed by atoms with van der Waals surface area (Å²) in [4.78, 5) is 13.6. The van der Waals surface area contributed by atoms with Gasteiger partial charge in [0.25, 0.3) is 0 Å². The molecule has 0 aromatic carbocycles. The minimum atomic E-state index is -0.442. The summed E-state index contributed by atoms with van der Waals surface area (Å²) in [5.41, 5.74) is -0.442. The molecule has 5 nitrogen and oxygen atoms in total. The van der Waals surface area contributed by atoms with E-state index in [1.165, 1.54) is 0 Å². The zero-order chi connectivity index (χ0) is 12.9. The molecule has 0 bridgehead atoms. The van der Waals surface area contributed by atoms with Gasteiger partial charge in [-0.1, -0.05) is 0 Å². The Morgan fingerprint density at radius 3 is 2.82 bits per heavy atom. The number of carbonyl (C=O) groups excluding carboxylic acids is 1. The zero-order valence-corrected chi connectivity index (χ0v) is 11.0. The Bertz CT molecular complexity index is 251. The van der Waals surface area contributed by atoms with Crippen LogP contribution in [-0.4, -0.2) is 54.0 Å². The molecule has 0 saturated carbocycles. The van der Waals surface area contributed by atoms with Crippen molar-refractivity contribution < 1.29 is 14.6 Å².